The lowest BCUT2D eigenvalue weighted by atomic mass is 10.2. The Balaban J connectivity index is 1.78. The summed E-state index contributed by atoms with van der Waals surface area (Å²) < 4.78 is 24.5. The number of nitrogens with zero attached hydrogens (tertiary/aromatic N) is 3. The molecule has 2 N–H and O–H groups in total. The number of nitrogens with two attached hydrogens (primary N) is 1. The Hall–Kier alpha value is -1.93. The molecule has 1 saturated heterocycles. The van der Waals surface area contributed by atoms with Crippen molar-refractivity contribution in [3.8, 4) is 0 Å². The van der Waals surface area contributed by atoms with Crippen LogP contribution in [-0.4, -0.2) is 47.6 Å². The molecule has 1 aliphatic rings. The molecule has 1 atom stereocenters. The summed E-state index contributed by atoms with van der Waals surface area (Å²) >= 11 is 0. The highest BCUT2D eigenvalue weighted by Gasteiger charge is 2.29. The van der Waals surface area contributed by atoms with E-state index < -0.39 is 10.0 Å². The van der Waals surface area contributed by atoms with Gasteiger partial charge in [0, 0.05) is 19.0 Å². The van der Waals surface area contributed by atoms with Crippen LogP contribution in [0.2, 0.25) is 0 Å². The predicted molar refractivity (Wildman–Crippen MR) is 96.5 cm³/mol. The molecule has 136 valence electrons. The minimum atomic E-state index is -3.51. The highest BCUT2D eigenvalue weighted by molar-refractivity contribution is 7.89. The van der Waals surface area contributed by atoms with E-state index in [1.807, 2.05) is 28.8 Å². The van der Waals surface area contributed by atoms with Gasteiger partial charge in [-0.2, -0.15) is 0 Å². The van der Waals surface area contributed by atoms with Gasteiger partial charge in [-0.05, 0) is 24.5 Å². The van der Waals surface area contributed by atoms with Crippen LogP contribution in [0, 0.1) is 5.92 Å². The molecule has 1 unspecified atom stereocenters. The van der Waals surface area contributed by atoms with Gasteiger partial charge >= 0.3 is 0 Å². The standard InChI is InChI=1S/C17H24N4O3S/c1-12(2)17-19-14-5-3-4-6-15(14)21(17)10-16(22)20-8-7-13(9-20)11-25(18,23)24/h3-6,12-13H,7-11H2,1-2H3,(H2,18,23,24). The minimum absolute atomic E-state index is 0.0121. The van der Waals surface area contributed by atoms with E-state index in [0.717, 1.165) is 16.9 Å². The van der Waals surface area contributed by atoms with E-state index in [4.69, 9.17) is 5.14 Å². The zero-order chi connectivity index (χ0) is 18.2. The molecular weight excluding hydrogens is 340 g/mol. The van der Waals surface area contributed by atoms with Crippen molar-refractivity contribution in [2.24, 2.45) is 11.1 Å². The summed E-state index contributed by atoms with van der Waals surface area (Å²) in [5.41, 5.74) is 1.83. The predicted octanol–water partition coefficient (Wildman–Crippen LogP) is 1.30. The van der Waals surface area contributed by atoms with Crippen molar-refractivity contribution in [3.05, 3.63) is 30.1 Å². The number of fused-ring (bicyclic) bond motifs is 1. The van der Waals surface area contributed by atoms with Crippen LogP contribution >= 0.6 is 0 Å². The molecule has 3 rings (SSSR count). The molecular formula is C17H24N4O3S. The van der Waals surface area contributed by atoms with Crippen molar-refractivity contribution in [2.75, 3.05) is 18.8 Å². The summed E-state index contributed by atoms with van der Waals surface area (Å²) in [6.07, 6.45) is 0.671. The first-order chi connectivity index (χ1) is 11.7. The number of likely N-dealkylation sites (tertiary alicyclic amines) is 1. The first-order valence-corrected chi connectivity index (χ1v) is 10.2. The van der Waals surface area contributed by atoms with Crippen molar-refractivity contribution in [1.82, 2.24) is 14.5 Å². The molecule has 7 nitrogen and oxygen atoms in total. The van der Waals surface area contributed by atoms with Gasteiger partial charge in [-0.15, -0.1) is 0 Å². The maximum absolute atomic E-state index is 12.7. The van der Waals surface area contributed by atoms with Crippen LogP contribution in [0.1, 0.15) is 32.0 Å². The van der Waals surface area contributed by atoms with Gasteiger partial charge in [0.1, 0.15) is 12.4 Å². The highest BCUT2D eigenvalue weighted by Crippen LogP contribution is 2.23. The number of benzene rings is 1. The first-order valence-electron chi connectivity index (χ1n) is 8.48. The normalized spacial score (nSPS) is 18.4. The Labute approximate surface area is 147 Å². The lowest BCUT2D eigenvalue weighted by molar-refractivity contribution is -0.130. The van der Waals surface area contributed by atoms with E-state index in [-0.39, 0.29) is 30.0 Å². The highest BCUT2D eigenvalue weighted by atomic mass is 32.2. The van der Waals surface area contributed by atoms with E-state index in [0.29, 0.717) is 19.5 Å². The van der Waals surface area contributed by atoms with Gasteiger partial charge in [-0.25, -0.2) is 18.5 Å². The molecule has 1 amide bonds. The monoisotopic (exact) mass is 364 g/mol. The number of carbonyl (C=O) groups excluding carboxylic acids is 1. The topological polar surface area (TPSA) is 98.3 Å². The number of primary sulfonamides is 1. The van der Waals surface area contributed by atoms with Gasteiger partial charge in [0.2, 0.25) is 15.9 Å². The summed E-state index contributed by atoms with van der Waals surface area (Å²) in [5.74, 6) is 0.927. The Morgan fingerprint density at radius 1 is 1.36 bits per heavy atom. The lowest BCUT2D eigenvalue weighted by Crippen LogP contribution is -2.33. The third-order valence-electron chi connectivity index (χ3n) is 4.60. The molecule has 25 heavy (non-hydrogen) atoms. The van der Waals surface area contributed by atoms with E-state index in [1.54, 1.807) is 4.90 Å². The van der Waals surface area contributed by atoms with Gasteiger partial charge in [-0.3, -0.25) is 4.79 Å². The van der Waals surface area contributed by atoms with Crippen molar-refractivity contribution in [1.29, 1.82) is 0 Å². The number of carbonyl (C=O) groups is 1. The van der Waals surface area contributed by atoms with Gasteiger partial charge in [-0.1, -0.05) is 26.0 Å². The summed E-state index contributed by atoms with van der Waals surface area (Å²) in [5, 5.41) is 5.12. The van der Waals surface area contributed by atoms with Crippen LogP contribution in [0.4, 0.5) is 0 Å². The maximum atomic E-state index is 12.7. The number of hydrogen-bond donors (Lipinski definition) is 1. The number of amides is 1. The largest absolute Gasteiger partial charge is 0.341 e. The Morgan fingerprint density at radius 3 is 2.76 bits per heavy atom. The molecule has 0 spiro atoms. The zero-order valence-corrected chi connectivity index (χ0v) is 15.4. The average Bonchev–Trinajstić information content (AvgIpc) is 3.11. The van der Waals surface area contributed by atoms with Crippen LogP contribution < -0.4 is 5.14 Å². The van der Waals surface area contributed by atoms with Crippen LogP contribution in [0.15, 0.2) is 24.3 Å². The van der Waals surface area contributed by atoms with E-state index in [2.05, 4.69) is 18.8 Å². The third-order valence-corrected chi connectivity index (χ3v) is 5.54. The first kappa shape index (κ1) is 17.9. The Kier molecular flexibility index (Phi) is 4.83. The van der Waals surface area contributed by atoms with Crippen molar-refractivity contribution >= 4 is 27.0 Å². The van der Waals surface area contributed by atoms with E-state index >= 15 is 0 Å². The van der Waals surface area contributed by atoms with Gasteiger partial charge < -0.3 is 9.47 Å². The average molecular weight is 364 g/mol. The number of aromatic nitrogens is 2. The van der Waals surface area contributed by atoms with Crippen molar-refractivity contribution in [2.45, 2.75) is 32.7 Å². The summed E-state index contributed by atoms with van der Waals surface area (Å²) in [6, 6.07) is 7.78. The van der Waals surface area contributed by atoms with Crippen LogP contribution in [0.3, 0.4) is 0 Å². The number of rotatable bonds is 5. The molecule has 1 aromatic heterocycles. The molecule has 0 radical (unpaired) electrons. The van der Waals surface area contributed by atoms with Crippen LogP contribution in [-0.2, 0) is 21.4 Å². The number of hydrogen-bond acceptors (Lipinski definition) is 4. The quantitative estimate of drug-likeness (QED) is 0.864. The van der Waals surface area contributed by atoms with Gasteiger partial charge in [0.15, 0.2) is 0 Å². The molecule has 1 aliphatic heterocycles. The summed E-state index contributed by atoms with van der Waals surface area (Å²) in [6.45, 7) is 5.35. The number of para-hydroxylation sites is 2. The fourth-order valence-corrected chi connectivity index (χ4v) is 4.39. The molecule has 1 aromatic carbocycles. The fraction of sp³-hybridized carbons (Fsp3) is 0.529. The minimum Gasteiger partial charge on any atom is -0.341 e. The summed E-state index contributed by atoms with van der Waals surface area (Å²) in [4.78, 5) is 19.1. The smallest absolute Gasteiger partial charge is 0.242 e. The molecule has 2 aromatic rings. The van der Waals surface area contributed by atoms with Crippen molar-refractivity contribution in [3.63, 3.8) is 0 Å². The number of imidazole rings is 1. The molecule has 0 aliphatic carbocycles. The molecule has 8 heteroatoms. The second-order valence-electron chi connectivity index (χ2n) is 7.02. The van der Waals surface area contributed by atoms with E-state index in [1.165, 1.54) is 0 Å². The SMILES string of the molecule is CC(C)c1nc2ccccc2n1CC(=O)N1CCC(CS(N)(=O)=O)C1. The van der Waals surface area contributed by atoms with E-state index in [9.17, 15) is 13.2 Å². The molecule has 1 fully saturated rings. The van der Waals surface area contributed by atoms with Crippen LogP contribution in [0.5, 0.6) is 0 Å². The zero-order valence-electron chi connectivity index (χ0n) is 14.6. The lowest BCUT2D eigenvalue weighted by Gasteiger charge is -2.18. The third kappa shape index (κ3) is 4.01. The second kappa shape index (κ2) is 6.76. The molecule has 2 heterocycles. The number of sulfonamides is 1. The Morgan fingerprint density at radius 2 is 2.08 bits per heavy atom. The second-order valence-corrected chi connectivity index (χ2v) is 8.68. The van der Waals surface area contributed by atoms with Crippen molar-refractivity contribution < 1.29 is 13.2 Å². The maximum Gasteiger partial charge on any atom is 0.242 e. The van der Waals surface area contributed by atoms with Gasteiger partial charge in [0.05, 0.1) is 16.8 Å². The van der Waals surface area contributed by atoms with Gasteiger partial charge in [0.25, 0.3) is 0 Å². The summed E-state index contributed by atoms with van der Waals surface area (Å²) in [7, 11) is -3.51. The van der Waals surface area contributed by atoms with Crippen LogP contribution in [0.25, 0.3) is 11.0 Å². The molecule has 0 bridgehead atoms. The Bertz CT molecular complexity index is 888. The molecule has 0 saturated carbocycles. The fourth-order valence-electron chi connectivity index (χ4n) is 3.46.